The molecule has 9 heteroatoms. The van der Waals surface area contributed by atoms with E-state index in [0.29, 0.717) is 21.6 Å². The summed E-state index contributed by atoms with van der Waals surface area (Å²) in [7, 11) is -3.32. The zero-order valence-electron chi connectivity index (χ0n) is 13.2. The van der Waals surface area contributed by atoms with Crippen LogP contribution < -0.4 is 5.84 Å². The summed E-state index contributed by atoms with van der Waals surface area (Å²) in [6.45, 7) is 5.98. The summed E-state index contributed by atoms with van der Waals surface area (Å²) in [5.41, 5.74) is -0.218. The van der Waals surface area contributed by atoms with Gasteiger partial charge >= 0.3 is 0 Å². The minimum atomic E-state index is -3.32. The number of hydrogen-bond donors (Lipinski definition) is 1. The van der Waals surface area contributed by atoms with Gasteiger partial charge in [-0.3, -0.25) is 0 Å². The summed E-state index contributed by atoms with van der Waals surface area (Å²) in [5.74, 6) is 7.02. The van der Waals surface area contributed by atoms with Gasteiger partial charge in [-0.25, -0.2) is 13.1 Å². The molecule has 2 rings (SSSR count). The fraction of sp³-hybridized carbons (Fsp3) is 0.429. The van der Waals surface area contributed by atoms with Gasteiger partial charge in [0.25, 0.3) is 0 Å². The number of aromatic nitrogens is 3. The number of halogens is 1. The second kappa shape index (κ2) is 6.82. The first-order chi connectivity index (χ1) is 10.6. The van der Waals surface area contributed by atoms with Gasteiger partial charge < -0.3 is 5.84 Å². The summed E-state index contributed by atoms with van der Waals surface area (Å²) in [5, 5.41) is 8.63. The van der Waals surface area contributed by atoms with Crippen LogP contribution in [0.2, 0.25) is 0 Å². The van der Waals surface area contributed by atoms with Crippen molar-refractivity contribution >= 4 is 37.5 Å². The van der Waals surface area contributed by atoms with Crippen LogP contribution in [0.4, 0.5) is 0 Å². The molecule has 0 fully saturated rings. The summed E-state index contributed by atoms with van der Waals surface area (Å²) in [6, 6.07) is 6.61. The van der Waals surface area contributed by atoms with Crippen molar-refractivity contribution in [3.63, 3.8) is 0 Å². The largest absolute Gasteiger partial charge is 0.336 e. The summed E-state index contributed by atoms with van der Waals surface area (Å²) in [4.78, 5) is 0.311. The van der Waals surface area contributed by atoms with E-state index in [1.165, 1.54) is 16.4 Å². The lowest BCUT2D eigenvalue weighted by molar-refractivity contribution is 0.523. The third kappa shape index (κ3) is 4.48. The molecule has 0 aliphatic carbocycles. The molecule has 1 aromatic carbocycles. The van der Waals surface area contributed by atoms with E-state index in [-0.39, 0.29) is 11.2 Å². The zero-order chi connectivity index (χ0) is 17.3. The summed E-state index contributed by atoms with van der Waals surface area (Å²) >= 11 is 4.58. The van der Waals surface area contributed by atoms with Gasteiger partial charge in [-0.2, -0.15) is 0 Å². The molecule has 0 saturated carbocycles. The highest BCUT2D eigenvalue weighted by atomic mass is 79.9. The minimum absolute atomic E-state index is 0.0109. The summed E-state index contributed by atoms with van der Waals surface area (Å²) in [6.07, 6.45) is 0. The second-order valence-corrected chi connectivity index (χ2v) is 10.1. The topological polar surface area (TPSA) is 90.9 Å². The van der Waals surface area contributed by atoms with Gasteiger partial charge in [-0.1, -0.05) is 48.5 Å². The number of rotatable bonds is 5. The molecule has 6 nitrogen and oxygen atoms in total. The first kappa shape index (κ1) is 18.3. The molecule has 23 heavy (non-hydrogen) atoms. The molecule has 0 spiro atoms. The standard InChI is InChI=1S/C14H19BrN4O2S2/c1-14(2,3)12-17-18-13(19(12)16)22-8-9-23(20,21)11-6-4-10(15)5-7-11/h4-7H,8-9,16H2,1-3H3. The monoisotopic (exact) mass is 418 g/mol. The van der Waals surface area contributed by atoms with E-state index >= 15 is 0 Å². The van der Waals surface area contributed by atoms with Crippen molar-refractivity contribution < 1.29 is 8.42 Å². The maximum Gasteiger partial charge on any atom is 0.209 e. The van der Waals surface area contributed by atoms with Crippen LogP contribution in [0, 0.1) is 0 Å². The fourth-order valence-electron chi connectivity index (χ4n) is 1.89. The third-order valence-electron chi connectivity index (χ3n) is 3.09. The normalized spacial score (nSPS) is 12.5. The van der Waals surface area contributed by atoms with Crippen LogP contribution in [-0.4, -0.2) is 34.8 Å². The predicted molar refractivity (Wildman–Crippen MR) is 95.8 cm³/mol. The molecule has 0 saturated heterocycles. The highest BCUT2D eigenvalue weighted by Gasteiger charge is 2.23. The van der Waals surface area contributed by atoms with Crippen molar-refractivity contribution in [3.05, 3.63) is 34.6 Å². The number of nitrogens with zero attached hydrogens (tertiary/aromatic N) is 3. The van der Waals surface area contributed by atoms with Crippen LogP contribution in [0.25, 0.3) is 0 Å². The van der Waals surface area contributed by atoms with Crippen molar-refractivity contribution in [2.45, 2.75) is 36.2 Å². The number of sulfone groups is 1. The molecule has 2 aromatic rings. The molecular weight excluding hydrogens is 400 g/mol. The SMILES string of the molecule is CC(C)(C)c1nnc(SCCS(=O)(=O)c2ccc(Br)cc2)n1N. The molecule has 0 atom stereocenters. The van der Waals surface area contributed by atoms with E-state index in [2.05, 4.69) is 26.1 Å². The van der Waals surface area contributed by atoms with Crippen molar-refractivity contribution in [2.24, 2.45) is 0 Å². The first-order valence-corrected chi connectivity index (χ1v) is 10.4. The number of nitrogens with two attached hydrogens (primary N) is 1. The van der Waals surface area contributed by atoms with E-state index in [0.717, 1.165) is 4.47 Å². The summed E-state index contributed by atoms with van der Waals surface area (Å²) < 4.78 is 26.8. The third-order valence-corrected chi connectivity index (χ3v) is 6.56. The number of nitrogen functional groups attached to an aromatic ring is 1. The molecule has 0 amide bonds. The Morgan fingerprint density at radius 3 is 2.35 bits per heavy atom. The average molecular weight is 419 g/mol. The molecule has 0 bridgehead atoms. The fourth-order valence-corrected chi connectivity index (χ4v) is 4.66. The van der Waals surface area contributed by atoms with Gasteiger partial charge in [-0.05, 0) is 24.3 Å². The molecule has 1 heterocycles. The van der Waals surface area contributed by atoms with E-state index < -0.39 is 9.84 Å². The van der Waals surface area contributed by atoms with Gasteiger partial charge in [0.15, 0.2) is 15.7 Å². The smallest absolute Gasteiger partial charge is 0.209 e. The van der Waals surface area contributed by atoms with Gasteiger partial charge in [0.2, 0.25) is 5.16 Å². The Morgan fingerprint density at radius 2 is 1.83 bits per heavy atom. The molecule has 0 radical (unpaired) electrons. The van der Waals surface area contributed by atoms with Crippen molar-refractivity contribution in [3.8, 4) is 0 Å². The average Bonchev–Trinajstić information content (AvgIpc) is 2.80. The molecule has 0 aliphatic heterocycles. The molecule has 0 aliphatic rings. The van der Waals surface area contributed by atoms with Gasteiger partial charge in [0, 0.05) is 15.6 Å². The molecule has 126 valence electrons. The van der Waals surface area contributed by atoms with Gasteiger partial charge in [-0.15, -0.1) is 10.2 Å². The van der Waals surface area contributed by atoms with Crippen LogP contribution in [0.5, 0.6) is 0 Å². The van der Waals surface area contributed by atoms with Crippen LogP contribution >= 0.6 is 27.7 Å². The van der Waals surface area contributed by atoms with Crippen LogP contribution in [0.1, 0.15) is 26.6 Å². The van der Waals surface area contributed by atoms with Crippen LogP contribution in [0.15, 0.2) is 38.8 Å². The Hall–Kier alpha value is -1.06. The van der Waals surface area contributed by atoms with E-state index in [1.807, 2.05) is 20.8 Å². The molecular formula is C14H19BrN4O2S2. The van der Waals surface area contributed by atoms with Gasteiger partial charge in [0.05, 0.1) is 10.6 Å². The van der Waals surface area contributed by atoms with Crippen LogP contribution in [-0.2, 0) is 15.3 Å². The van der Waals surface area contributed by atoms with Crippen molar-refractivity contribution in [2.75, 3.05) is 17.3 Å². The minimum Gasteiger partial charge on any atom is -0.336 e. The maximum absolute atomic E-state index is 12.3. The maximum atomic E-state index is 12.3. The lowest BCUT2D eigenvalue weighted by Crippen LogP contribution is -2.24. The second-order valence-electron chi connectivity index (χ2n) is 6.05. The van der Waals surface area contributed by atoms with Crippen molar-refractivity contribution in [1.29, 1.82) is 0 Å². The predicted octanol–water partition coefficient (Wildman–Crippen LogP) is 2.62. The zero-order valence-corrected chi connectivity index (χ0v) is 16.4. The molecule has 0 unspecified atom stereocenters. The highest BCUT2D eigenvalue weighted by Crippen LogP contribution is 2.24. The quantitative estimate of drug-likeness (QED) is 0.592. The molecule has 2 N–H and O–H groups in total. The number of thioether (sulfide) groups is 1. The lowest BCUT2D eigenvalue weighted by atomic mass is 9.96. The molecule has 1 aromatic heterocycles. The van der Waals surface area contributed by atoms with E-state index in [1.54, 1.807) is 24.3 Å². The Balaban J connectivity index is 2.02. The first-order valence-electron chi connectivity index (χ1n) is 6.93. The van der Waals surface area contributed by atoms with Crippen LogP contribution in [0.3, 0.4) is 0 Å². The van der Waals surface area contributed by atoms with E-state index in [4.69, 9.17) is 5.84 Å². The Kier molecular flexibility index (Phi) is 5.42. The Morgan fingerprint density at radius 1 is 1.22 bits per heavy atom. The highest BCUT2D eigenvalue weighted by molar-refractivity contribution is 9.10. The Labute approximate surface area is 148 Å². The Bertz CT molecular complexity index is 780. The van der Waals surface area contributed by atoms with Crippen molar-refractivity contribution in [1.82, 2.24) is 14.9 Å². The number of hydrogen-bond acceptors (Lipinski definition) is 6. The van der Waals surface area contributed by atoms with E-state index in [9.17, 15) is 8.42 Å². The lowest BCUT2D eigenvalue weighted by Gasteiger charge is -2.16. The number of benzene rings is 1. The van der Waals surface area contributed by atoms with Gasteiger partial charge in [0.1, 0.15) is 0 Å².